The summed E-state index contributed by atoms with van der Waals surface area (Å²) in [7, 11) is -1.21. The molecule has 0 heterocycles. The van der Waals surface area contributed by atoms with Gasteiger partial charge in [0, 0.05) is 0 Å². The molecule has 0 saturated heterocycles. The van der Waals surface area contributed by atoms with Crippen molar-refractivity contribution in [2.45, 2.75) is 54.3 Å². The van der Waals surface area contributed by atoms with Crippen LogP contribution < -0.4 is 0 Å². The molecule has 1 aliphatic rings. The molecule has 1 fully saturated rings. The summed E-state index contributed by atoms with van der Waals surface area (Å²) >= 11 is 0. The van der Waals surface area contributed by atoms with Crippen molar-refractivity contribution in [3.05, 3.63) is 49.3 Å². The minimum Gasteiger partial charge on any atom is 3.00 e. The van der Waals surface area contributed by atoms with Gasteiger partial charge in [-0.2, -0.15) is 0 Å². The largest absolute Gasteiger partial charge is 3.00 e. The molecule has 0 aromatic carbocycles. The Morgan fingerprint density at radius 2 is 0.762 bits per heavy atom. The minimum absolute atomic E-state index is 0. The van der Waals surface area contributed by atoms with Crippen molar-refractivity contribution in [2.75, 3.05) is 0 Å². The van der Waals surface area contributed by atoms with E-state index in [4.69, 9.17) is 15.7 Å². The van der Waals surface area contributed by atoms with Crippen LogP contribution in [0.2, 0.25) is 19.6 Å². The monoisotopic (exact) mass is 344 g/mol. The predicted octanol–water partition coefficient (Wildman–Crippen LogP) is 4.35. The summed E-state index contributed by atoms with van der Waals surface area (Å²) in [5.74, 6) is 7.34. The number of hydrogen-bond acceptors (Lipinski definition) is 0. The molecule has 114 valence electrons. The Kier molecular flexibility index (Phi) is 20.2. The Balaban J connectivity index is -0.000000115. The Labute approximate surface area is 143 Å². The van der Waals surface area contributed by atoms with E-state index in [1.165, 1.54) is 29.6 Å². The smallest absolute Gasteiger partial charge is 3.00 e. The van der Waals surface area contributed by atoms with Crippen molar-refractivity contribution in [1.82, 2.24) is 0 Å². The Morgan fingerprint density at radius 3 is 0.810 bits per heavy atom. The molecule has 0 bridgehead atoms. The molecule has 1 aliphatic carbocycles. The van der Waals surface area contributed by atoms with Crippen LogP contribution in [0.15, 0.2) is 0 Å². The van der Waals surface area contributed by atoms with Crippen LogP contribution in [0.5, 0.6) is 0 Å². The van der Waals surface area contributed by atoms with Gasteiger partial charge >= 0.3 is 39.7 Å². The van der Waals surface area contributed by atoms with Crippen LogP contribution in [0.25, 0.3) is 0 Å². The van der Waals surface area contributed by atoms with Crippen LogP contribution in [0, 0.1) is 54.9 Å². The molecule has 0 aliphatic heterocycles. The van der Waals surface area contributed by atoms with Gasteiger partial charge in [-0.25, -0.2) is 0 Å². The van der Waals surface area contributed by atoms with Gasteiger partial charge in [0.2, 0.25) is 0 Å². The summed E-state index contributed by atoms with van der Waals surface area (Å²) in [5.41, 5.74) is 2.49. The van der Waals surface area contributed by atoms with Gasteiger partial charge in [-0.1, -0.05) is 54.3 Å². The molecule has 0 unspecified atom stereocenters. The SMILES string of the molecule is C[C]1[C](C)[C](C)[C](C)[C]1C.[C-]#C[Si](C)(C)C.[C-]#[O+].[C-]#[O+].[Fe+3]. The average molecular weight is 344 g/mol. The Bertz CT molecular complexity index is 274. The van der Waals surface area contributed by atoms with Crippen LogP contribution >= 0.6 is 0 Å². The topological polar surface area (TPSA) is 39.8 Å². The molecule has 0 N–H and O–H groups in total. The molecular weight excluding hydrogens is 320 g/mol. The van der Waals surface area contributed by atoms with Crippen LogP contribution in [0.3, 0.4) is 0 Å². The Morgan fingerprint density at radius 1 is 0.667 bits per heavy atom. The van der Waals surface area contributed by atoms with Crippen molar-refractivity contribution in [2.24, 2.45) is 0 Å². The molecule has 4 heteroatoms. The summed E-state index contributed by atoms with van der Waals surface area (Å²) in [6.45, 7) is 26.2. The van der Waals surface area contributed by atoms with Crippen molar-refractivity contribution in [3.8, 4) is 5.54 Å². The summed E-state index contributed by atoms with van der Waals surface area (Å²) < 4.78 is 15.0. The summed E-state index contributed by atoms with van der Waals surface area (Å²) in [6.07, 6.45) is 6.67. The van der Waals surface area contributed by atoms with E-state index in [1.807, 2.05) is 0 Å². The third-order valence-electron chi connectivity index (χ3n) is 3.19. The zero-order valence-corrected chi connectivity index (χ0v) is 16.3. The second kappa shape index (κ2) is 14.7. The molecule has 0 atom stereocenters. The van der Waals surface area contributed by atoms with Crippen LogP contribution in [0.1, 0.15) is 34.6 Å². The van der Waals surface area contributed by atoms with Crippen LogP contribution in [0.4, 0.5) is 0 Å². The van der Waals surface area contributed by atoms with Crippen LogP contribution in [-0.4, -0.2) is 8.07 Å². The molecule has 6 radical (unpaired) electrons. The second-order valence-electron chi connectivity index (χ2n) is 5.50. The third-order valence-corrected chi connectivity index (χ3v) is 3.94. The van der Waals surface area contributed by atoms with Crippen molar-refractivity contribution < 1.29 is 26.4 Å². The summed E-state index contributed by atoms with van der Waals surface area (Å²) in [5, 5.41) is 0. The molecule has 0 amide bonds. The first-order valence-corrected chi connectivity index (χ1v) is 9.66. The van der Waals surface area contributed by atoms with E-state index in [0.717, 1.165) is 0 Å². The van der Waals surface area contributed by atoms with E-state index < -0.39 is 8.07 Å². The van der Waals surface area contributed by atoms with Crippen molar-refractivity contribution >= 4 is 8.07 Å². The fraction of sp³-hybridized carbons (Fsp3) is 0.471. The van der Waals surface area contributed by atoms with Gasteiger partial charge in [-0.05, 0) is 29.6 Å². The maximum Gasteiger partial charge on any atom is 3.00 e. The molecule has 21 heavy (non-hydrogen) atoms. The first kappa shape index (κ1) is 28.9. The van der Waals surface area contributed by atoms with Gasteiger partial charge in [0.25, 0.3) is 0 Å². The number of rotatable bonds is 0. The Hall–Kier alpha value is -0.224. The van der Waals surface area contributed by atoms with E-state index in [-0.39, 0.29) is 17.1 Å². The molecule has 0 aromatic heterocycles. The minimum atomic E-state index is -1.21. The van der Waals surface area contributed by atoms with Crippen LogP contribution in [-0.2, 0) is 26.4 Å². The first-order chi connectivity index (χ1) is 9.11. The molecular formula is C17H24FeO2Si+2. The summed E-state index contributed by atoms with van der Waals surface area (Å²) in [4.78, 5) is 0. The zero-order valence-electron chi connectivity index (χ0n) is 14.2. The predicted molar refractivity (Wildman–Crippen MR) is 82.9 cm³/mol. The van der Waals surface area contributed by atoms with Gasteiger partial charge in [0.1, 0.15) is 0 Å². The average Bonchev–Trinajstić information content (AvgIpc) is 2.61. The fourth-order valence-electron chi connectivity index (χ4n) is 1.41. The second-order valence-corrected chi connectivity index (χ2v) is 10.2. The molecule has 2 nitrogen and oxygen atoms in total. The van der Waals surface area contributed by atoms with Crippen molar-refractivity contribution in [1.29, 1.82) is 0 Å². The zero-order chi connectivity index (χ0) is 17.1. The third kappa shape index (κ3) is 12.0. The maximum atomic E-state index is 7.50. The number of hydrogen-bond donors (Lipinski definition) is 0. The quantitative estimate of drug-likeness (QED) is 0.271. The van der Waals surface area contributed by atoms with E-state index in [9.17, 15) is 0 Å². The van der Waals surface area contributed by atoms with Crippen molar-refractivity contribution in [3.63, 3.8) is 0 Å². The maximum absolute atomic E-state index is 7.50. The van der Waals surface area contributed by atoms with Gasteiger partial charge in [-0.15, -0.1) is 0 Å². The molecule has 1 saturated carbocycles. The normalized spacial score (nSPS) is 16.7. The molecule has 0 spiro atoms. The van der Waals surface area contributed by atoms with E-state index in [1.54, 1.807) is 0 Å². The molecule has 1 rings (SSSR count). The van der Waals surface area contributed by atoms with Gasteiger partial charge in [0.05, 0.1) is 8.07 Å². The van der Waals surface area contributed by atoms with Gasteiger partial charge in [-0.3, -0.25) is 0 Å². The van der Waals surface area contributed by atoms with E-state index in [0.29, 0.717) is 0 Å². The fourth-order valence-corrected chi connectivity index (χ4v) is 1.41. The van der Waals surface area contributed by atoms with E-state index in [2.05, 4.69) is 73.1 Å². The van der Waals surface area contributed by atoms with Gasteiger partial charge in [0.15, 0.2) is 0 Å². The molecule has 0 aromatic rings. The van der Waals surface area contributed by atoms with Gasteiger partial charge < -0.3 is 12.0 Å². The first-order valence-electron chi connectivity index (χ1n) is 6.16. The van der Waals surface area contributed by atoms with E-state index >= 15 is 0 Å². The standard InChI is InChI=1S/C10H15.C5H9Si.2CO.Fe/c1-6-7(2)9(4)10(5)8(6)3;1-5-6(2,3)4;2*1-2;/h1-5H3;2-4H3;;;/q;-1;;;+3. The summed E-state index contributed by atoms with van der Waals surface area (Å²) in [6, 6.07) is 0.